The molecule has 5 rings (SSSR count). The van der Waals surface area contributed by atoms with Crippen LogP contribution in [0.4, 0.5) is 26.1 Å². The third-order valence-corrected chi connectivity index (χ3v) is 7.58. The average Bonchev–Trinajstić information content (AvgIpc) is 3.27. The van der Waals surface area contributed by atoms with E-state index in [0.29, 0.717) is 30.2 Å². The summed E-state index contributed by atoms with van der Waals surface area (Å²) < 4.78 is 59.1. The minimum absolute atomic E-state index is 0.0291. The van der Waals surface area contributed by atoms with E-state index >= 15 is 0 Å². The van der Waals surface area contributed by atoms with E-state index in [-0.39, 0.29) is 41.7 Å². The molecule has 0 unspecified atom stereocenters. The lowest BCUT2D eigenvalue weighted by atomic mass is 9.92. The van der Waals surface area contributed by atoms with Gasteiger partial charge in [-0.3, -0.25) is 4.98 Å². The Morgan fingerprint density at radius 3 is 2.62 bits per heavy atom. The van der Waals surface area contributed by atoms with Crippen LogP contribution in [0.3, 0.4) is 0 Å². The number of hydrogen-bond acceptors (Lipinski definition) is 9. The summed E-state index contributed by atoms with van der Waals surface area (Å²) >= 11 is 0. The molecule has 1 aromatic carbocycles. The number of ether oxygens (including phenoxy) is 1. The molecular weight excluding hydrogens is 528 g/mol. The molecule has 13 heteroatoms. The molecule has 10 nitrogen and oxygen atoms in total. The van der Waals surface area contributed by atoms with Gasteiger partial charge in [0.15, 0.2) is 0 Å². The zero-order chi connectivity index (χ0) is 27.7. The number of nitrogens with two attached hydrogens (primary N) is 1. The number of imidazole rings is 1. The fraction of sp³-hybridized carbons (Fsp3) is 0.346. The predicted octanol–water partition coefficient (Wildman–Crippen LogP) is 3.03. The summed E-state index contributed by atoms with van der Waals surface area (Å²) in [5.74, 6) is -1.10. The van der Waals surface area contributed by atoms with Crippen molar-refractivity contribution in [1.29, 1.82) is 0 Å². The molecule has 3 aromatic heterocycles. The fourth-order valence-electron chi connectivity index (χ4n) is 4.85. The first-order valence-corrected chi connectivity index (χ1v) is 14.5. The average molecular weight is 558 g/mol. The Morgan fingerprint density at radius 1 is 1.13 bits per heavy atom. The Labute approximate surface area is 224 Å². The normalized spacial score (nSPS) is 19.9. The summed E-state index contributed by atoms with van der Waals surface area (Å²) in [4.78, 5) is 10.8. The fourth-order valence-corrected chi connectivity index (χ4v) is 5.25. The minimum Gasteiger partial charge on any atom is -0.375 e. The van der Waals surface area contributed by atoms with E-state index in [1.807, 2.05) is 13.0 Å². The van der Waals surface area contributed by atoms with Crippen LogP contribution in [0.25, 0.3) is 16.8 Å². The van der Waals surface area contributed by atoms with Crippen LogP contribution in [0.15, 0.2) is 55.0 Å². The lowest BCUT2D eigenvalue weighted by Gasteiger charge is -2.42. The third-order valence-electron chi connectivity index (χ3n) is 6.67. The highest BCUT2D eigenvalue weighted by molar-refractivity contribution is 7.90. The van der Waals surface area contributed by atoms with Gasteiger partial charge in [-0.25, -0.2) is 22.2 Å². The Balaban J connectivity index is 1.38. The van der Waals surface area contributed by atoms with Gasteiger partial charge in [-0.05, 0) is 30.3 Å². The lowest BCUT2D eigenvalue weighted by molar-refractivity contribution is 0.00183. The van der Waals surface area contributed by atoms with Crippen molar-refractivity contribution in [2.45, 2.75) is 19.1 Å². The molecule has 0 bridgehead atoms. The van der Waals surface area contributed by atoms with Crippen LogP contribution in [0.1, 0.15) is 6.92 Å². The summed E-state index contributed by atoms with van der Waals surface area (Å²) in [7, 11) is -3.12. The van der Waals surface area contributed by atoms with Crippen molar-refractivity contribution in [3.8, 4) is 11.3 Å². The number of pyridine rings is 1. The van der Waals surface area contributed by atoms with Crippen molar-refractivity contribution < 1.29 is 21.9 Å². The van der Waals surface area contributed by atoms with Gasteiger partial charge in [0.05, 0.1) is 59.0 Å². The Bertz CT molecular complexity index is 1570. The second-order valence-corrected chi connectivity index (χ2v) is 12.0. The first-order chi connectivity index (χ1) is 18.6. The molecule has 1 aliphatic rings. The second kappa shape index (κ2) is 10.8. The summed E-state index contributed by atoms with van der Waals surface area (Å²) in [5, 5.41) is 7.69. The van der Waals surface area contributed by atoms with Crippen LogP contribution < -0.4 is 16.0 Å². The van der Waals surface area contributed by atoms with Gasteiger partial charge < -0.3 is 20.7 Å². The summed E-state index contributed by atoms with van der Waals surface area (Å²) in [6, 6.07) is 8.42. The number of piperidine rings is 1. The molecule has 0 spiro atoms. The van der Waals surface area contributed by atoms with Gasteiger partial charge in [0.1, 0.15) is 21.5 Å². The van der Waals surface area contributed by atoms with E-state index in [1.165, 1.54) is 29.0 Å². The predicted molar refractivity (Wildman–Crippen MR) is 145 cm³/mol. The maximum atomic E-state index is 14.4. The number of rotatable bonds is 8. The van der Waals surface area contributed by atoms with Crippen LogP contribution in [-0.4, -0.2) is 71.9 Å². The van der Waals surface area contributed by atoms with Gasteiger partial charge in [0.2, 0.25) is 5.95 Å². The standard InChI is InChI=1S/C26H29F2N7O3S/c1-16-14-34(15-20(29)25(16)38-10-11-39(2,36)37)23-8-9-30-13-22(23)32-26-31-12-17-6-7-21(33-35(17)26)24-18(27)4-3-5-19(24)28/h3-9,12-13,16,20,25H,10-11,14-15,29H2,1-2H3,(H,31,32)/t16-,20+,25+/m0/s1. The summed E-state index contributed by atoms with van der Waals surface area (Å²) in [6.45, 7) is 3.21. The highest BCUT2D eigenvalue weighted by Gasteiger charge is 2.34. The number of anilines is 3. The number of nitrogens with zero attached hydrogens (tertiary/aromatic N) is 5. The van der Waals surface area contributed by atoms with Crippen molar-refractivity contribution in [3.63, 3.8) is 0 Å². The van der Waals surface area contributed by atoms with E-state index in [4.69, 9.17) is 10.5 Å². The number of sulfone groups is 1. The van der Waals surface area contributed by atoms with E-state index in [0.717, 1.165) is 5.69 Å². The molecule has 1 saturated heterocycles. The molecule has 0 radical (unpaired) electrons. The maximum Gasteiger partial charge on any atom is 0.229 e. The molecule has 3 N–H and O–H groups in total. The molecule has 4 aromatic rings. The van der Waals surface area contributed by atoms with Gasteiger partial charge in [0.25, 0.3) is 0 Å². The number of aromatic nitrogens is 4. The molecular formula is C26H29F2N7O3S. The van der Waals surface area contributed by atoms with E-state index < -0.39 is 21.5 Å². The van der Waals surface area contributed by atoms with Crippen LogP contribution >= 0.6 is 0 Å². The molecule has 0 amide bonds. The third kappa shape index (κ3) is 5.84. The molecule has 1 fully saturated rings. The smallest absolute Gasteiger partial charge is 0.229 e. The van der Waals surface area contributed by atoms with Crippen molar-refractivity contribution in [2.75, 3.05) is 41.9 Å². The monoisotopic (exact) mass is 557 g/mol. The largest absolute Gasteiger partial charge is 0.375 e. The van der Waals surface area contributed by atoms with Gasteiger partial charge in [-0.2, -0.15) is 9.61 Å². The van der Waals surface area contributed by atoms with Crippen molar-refractivity contribution in [1.82, 2.24) is 19.6 Å². The van der Waals surface area contributed by atoms with Gasteiger partial charge >= 0.3 is 0 Å². The minimum atomic E-state index is -3.12. The summed E-state index contributed by atoms with van der Waals surface area (Å²) in [6.07, 6.45) is 5.83. The Kier molecular flexibility index (Phi) is 7.47. The lowest BCUT2D eigenvalue weighted by Crippen LogP contribution is -2.57. The molecule has 4 heterocycles. The number of fused-ring (bicyclic) bond motifs is 1. The number of nitrogens with one attached hydrogen (secondary N) is 1. The molecule has 1 aliphatic heterocycles. The van der Waals surface area contributed by atoms with Crippen molar-refractivity contribution in [2.24, 2.45) is 11.7 Å². The Hall–Kier alpha value is -3.68. The number of halogens is 2. The molecule has 3 atom stereocenters. The van der Waals surface area contributed by atoms with E-state index in [2.05, 4.69) is 25.3 Å². The molecule has 0 saturated carbocycles. The number of hydrogen-bond donors (Lipinski definition) is 2. The van der Waals surface area contributed by atoms with Crippen molar-refractivity contribution in [3.05, 3.63) is 66.6 Å². The van der Waals surface area contributed by atoms with Gasteiger partial charge in [-0.15, -0.1) is 0 Å². The zero-order valence-corrected chi connectivity index (χ0v) is 22.3. The maximum absolute atomic E-state index is 14.4. The Morgan fingerprint density at radius 2 is 1.90 bits per heavy atom. The molecule has 206 valence electrons. The van der Waals surface area contributed by atoms with Crippen LogP contribution in [0.2, 0.25) is 0 Å². The van der Waals surface area contributed by atoms with Gasteiger partial charge in [0, 0.05) is 37.5 Å². The highest BCUT2D eigenvalue weighted by Crippen LogP contribution is 2.32. The van der Waals surface area contributed by atoms with Crippen LogP contribution in [0.5, 0.6) is 0 Å². The zero-order valence-electron chi connectivity index (χ0n) is 21.5. The number of benzene rings is 1. The molecule has 39 heavy (non-hydrogen) atoms. The first kappa shape index (κ1) is 26.9. The van der Waals surface area contributed by atoms with Gasteiger partial charge in [-0.1, -0.05) is 13.0 Å². The van der Waals surface area contributed by atoms with Crippen molar-refractivity contribution >= 4 is 32.7 Å². The first-order valence-electron chi connectivity index (χ1n) is 12.4. The quantitative estimate of drug-likeness (QED) is 0.336. The summed E-state index contributed by atoms with van der Waals surface area (Å²) in [5.41, 5.74) is 8.48. The van der Waals surface area contributed by atoms with E-state index in [1.54, 1.807) is 30.7 Å². The highest BCUT2D eigenvalue weighted by atomic mass is 32.2. The SMILES string of the molecule is C[C@H]1CN(c2ccncc2Nc2ncc3ccc(-c4c(F)cccc4F)nn23)C[C@@H](N)[C@@H]1OCCS(C)(=O)=O. The molecule has 0 aliphatic carbocycles. The van der Waals surface area contributed by atoms with Crippen LogP contribution in [-0.2, 0) is 14.6 Å². The second-order valence-electron chi connectivity index (χ2n) is 9.76. The topological polar surface area (TPSA) is 128 Å². The van der Waals surface area contributed by atoms with E-state index in [9.17, 15) is 17.2 Å². The van der Waals surface area contributed by atoms with Crippen LogP contribution in [0, 0.1) is 17.6 Å².